The lowest BCUT2D eigenvalue weighted by Gasteiger charge is -2.10. The first-order valence-corrected chi connectivity index (χ1v) is 10.00. The maximum absolute atomic E-state index is 14.1. The first-order valence-electron chi connectivity index (χ1n) is 8.10. The van der Waals surface area contributed by atoms with Crippen LogP contribution in [0, 0.1) is 10.5 Å². The minimum atomic E-state index is -0.859. The Kier molecular flexibility index (Phi) is 4.67. The van der Waals surface area contributed by atoms with Gasteiger partial charge in [0.2, 0.25) is 0 Å². The largest absolute Gasteiger partial charge is 0.329 e. The maximum Gasteiger partial charge on any atom is 0.175 e. The molecule has 1 aliphatic rings. The lowest BCUT2D eigenvalue weighted by Crippen LogP contribution is -2.11. The van der Waals surface area contributed by atoms with Crippen molar-refractivity contribution in [1.29, 1.82) is 0 Å². The number of nitrogens with two attached hydrogens (primary N) is 1. The summed E-state index contributed by atoms with van der Waals surface area (Å²) < 4.78 is 17.3. The summed E-state index contributed by atoms with van der Waals surface area (Å²) in [5.41, 5.74) is 10.1. The third-order valence-electron chi connectivity index (χ3n) is 4.43. The number of aryl methyl sites for hydroxylation is 2. The molecule has 0 spiro atoms. The van der Waals surface area contributed by atoms with E-state index in [1.807, 2.05) is 17.6 Å². The van der Waals surface area contributed by atoms with E-state index in [1.54, 1.807) is 6.33 Å². The quantitative estimate of drug-likeness (QED) is 0.589. The molecule has 2 aromatic heterocycles. The summed E-state index contributed by atoms with van der Waals surface area (Å²) in [5, 5.41) is 0.815. The van der Waals surface area contributed by atoms with Crippen LogP contribution in [-0.2, 0) is 13.0 Å². The molecule has 5 nitrogen and oxygen atoms in total. The number of hydrogen-bond donors (Lipinski definition) is 1. The highest BCUT2D eigenvalue weighted by molar-refractivity contribution is 14.1. The minimum absolute atomic E-state index is 0.496. The van der Waals surface area contributed by atoms with Crippen LogP contribution < -0.4 is 5.73 Å². The molecule has 2 N–H and O–H groups in total. The van der Waals surface area contributed by atoms with Crippen molar-refractivity contribution in [2.75, 3.05) is 6.54 Å². The van der Waals surface area contributed by atoms with Crippen LogP contribution in [0.4, 0.5) is 4.39 Å². The molecule has 0 aliphatic heterocycles. The van der Waals surface area contributed by atoms with Gasteiger partial charge in [0.25, 0.3) is 0 Å². The molecular weight excluding hydrogens is 452 g/mol. The molecule has 25 heavy (non-hydrogen) atoms. The first kappa shape index (κ1) is 17.2. The van der Waals surface area contributed by atoms with Crippen molar-refractivity contribution in [3.8, 4) is 0 Å². The second-order valence-corrected chi connectivity index (χ2v) is 8.23. The molecule has 1 aromatic carbocycles. The Balaban J connectivity index is 1.80. The zero-order valence-electron chi connectivity index (χ0n) is 13.7. The van der Waals surface area contributed by atoms with E-state index in [9.17, 15) is 4.39 Å². The summed E-state index contributed by atoms with van der Waals surface area (Å²) in [7, 11) is 0. The van der Waals surface area contributed by atoms with E-state index >= 15 is 0 Å². The van der Waals surface area contributed by atoms with Gasteiger partial charge in [-0.05, 0) is 65.6 Å². The number of aromatic nitrogens is 4. The zero-order valence-corrected chi connectivity index (χ0v) is 16.6. The lowest BCUT2D eigenvalue weighted by molar-refractivity contribution is 0.343. The van der Waals surface area contributed by atoms with Crippen molar-refractivity contribution in [3.63, 3.8) is 0 Å². The van der Waals surface area contributed by atoms with Crippen molar-refractivity contribution in [2.24, 2.45) is 5.73 Å². The van der Waals surface area contributed by atoms with Gasteiger partial charge in [0.05, 0.1) is 5.69 Å². The number of fused-ring (bicyclic) bond motifs is 2. The van der Waals surface area contributed by atoms with Crippen LogP contribution in [0.3, 0.4) is 0 Å². The van der Waals surface area contributed by atoms with Gasteiger partial charge in [-0.15, -0.1) is 0 Å². The molecule has 0 saturated heterocycles. The maximum atomic E-state index is 14.1. The van der Waals surface area contributed by atoms with Crippen LogP contribution >= 0.6 is 34.4 Å². The van der Waals surface area contributed by atoms with Gasteiger partial charge >= 0.3 is 0 Å². The van der Waals surface area contributed by atoms with Crippen LogP contribution in [-0.4, -0.2) is 26.1 Å². The molecule has 0 fully saturated rings. The summed E-state index contributed by atoms with van der Waals surface area (Å²) in [6, 6.07) is 4.07. The highest BCUT2D eigenvalue weighted by Crippen LogP contribution is 2.40. The Labute approximate surface area is 162 Å². The molecule has 130 valence electrons. The van der Waals surface area contributed by atoms with Gasteiger partial charge in [0.15, 0.2) is 10.8 Å². The number of hydrogen-bond acceptors (Lipinski definition) is 5. The van der Waals surface area contributed by atoms with Crippen molar-refractivity contribution < 1.29 is 4.39 Å². The second-order valence-electron chi connectivity index (χ2n) is 6.06. The third-order valence-corrected chi connectivity index (χ3v) is 6.74. The molecule has 0 bridgehead atoms. The van der Waals surface area contributed by atoms with Crippen LogP contribution in [0.1, 0.15) is 29.4 Å². The van der Waals surface area contributed by atoms with Crippen LogP contribution in [0.15, 0.2) is 28.5 Å². The molecule has 3 aromatic rings. The second kappa shape index (κ2) is 6.81. The number of alkyl halides is 1. The van der Waals surface area contributed by atoms with Gasteiger partial charge in [-0.2, -0.15) is 0 Å². The van der Waals surface area contributed by atoms with E-state index in [0.717, 1.165) is 48.0 Å². The number of rotatable bonds is 4. The summed E-state index contributed by atoms with van der Waals surface area (Å²) in [5.74, 6) is 0. The fraction of sp³-hybridized carbons (Fsp3) is 0.353. The average Bonchev–Trinajstić information content (AvgIpc) is 3.11. The SMILES string of the molecule is Cc1ncnc2c1nc(Sc1cc3c(cc1I)CCC3F)n2CCN. The van der Waals surface area contributed by atoms with Gasteiger partial charge in [0.1, 0.15) is 18.0 Å². The Bertz CT molecular complexity index is 958. The summed E-state index contributed by atoms with van der Waals surface area (Å²) in [4.78, 5) is 14.3. The molecule has 2 heterocycles. The van der Waals surface area contributed by atoms with Gasteiger partial charge in [0, 0.05) is 21.6 Å². The van der Waals surface area contributed by atoms with Gasteiger partial charge in [-0.3, -0.25) is 0 Å². The molecule has 0 amide bonds. The van der Waals surface area contributed by atoms with Crippen LogP contribution in [0.5, 0.6) is 0 Å². The van der Waals surface area contributed by atoms with Crippen LogP contribution in [0.25, 0.3) is 11.2 Å². The van der Waals surface area contributed by atoms with Gasteiger partial charge < -0.3 is 10.3 Å². The van der Waals surface area contributed by atoms with Crippen LogP contribution in [0.2, 0.25) is 0 Å². The molecule has 1 atom stereocenters. The summed E-state index contributed by atoms with van der Waals surface area (Å²) >= 11 is 3.85. The van der Waals surface area contributed by atoms with E-state index in [-0.39, 0.29) is 0 Å². The monoisotopic (exact) mass is 469 g/mol. The van der Waals surface area contributed by atoms with Crippen molar-refractivity contribution in [1.82, 2.24) is 19.5 Å². The fourth-order valence-corrected chi connectivity index (χ4v) is 5.00. The fourth-order valence-electron chi connectivity index (χ4n) is 3.17. The van der Waals surface area contributed by atoms with Crippen molar-refractivity contribution in [3.05, 3.63) is 38.9 Å². The normalized spacial score (nSPS) is 16.6. The highest BCUT2D eigenvalue weighted by Gasteiger charge is 2.24. The zero-order chi connectivity index (χ0) is 17.6. The number of halogens is 2. The molecule has 8 heteroatoms. The molecule has 0 saturated carbocycles. The molecule has 0 radical (unpaired) electrons. The first-order chi connectivity index (χ1) is 12.1. The Morgan fingerprint density at radius 1 is 1.40 bits per heavy atom. The van der Waals surface area contributed by atoms with E-state index in [2.05, 4.69) is 38.6 Å². The number of benzene rings is 1. The highest BCUT2D eigenvalue weighted by atomic mass is 127. The Morgan fingerprint density at radius 3 is 3.04 bits per heavy atom. The summed E-state index contributed by atoms with van der Waals surface area (Å²) in [6.07, 6.45) is 2.09. The van der Waals surface area contributed by atoms with E-state index < -0.39 is 6.17 Å². The van der Waals surface area contributed by atoms with Gasteiger partial charge in [-0.25, -0.2) is 19.3 Å². The lowest BCUT2D eigenvalue weighted by atomic mass is 10.1. The van der Waals surface area contributed by atoms with Gasteiger partial charge in [-0.1, -0.05) is 11.8 Å². The number of imidazole rings is 1. The summed E-state index contributed by atoms with van der Waals surface area (Å²) in [6.45, 7) is 3.05. The topological polar surface area (TPSA) is 69.6 Å². The van der Waals surface area contributed by atoms with E-state index in [1.165, 1.54) is 11.8 Å². The van der Waals surface area contributed by atoms with Crippen molar-refractivity contribution >= 4 is 45.5 Å². The average molecular weight is 469 g/mol. The van der Waals surface area contributed by atoms with E-state index in [0.29, 0.717) is 19.5 Å². The van der Waals surface area contributed by atoms with Crippen molar-refractivity contribution in [2.45, 2.75) is 42.5 Å². The van der Waals surface area contributed by atoms with E-state index in [4.69, 9.17) is 10.7 Å². The molecule has 1 unspecified atom stereocenters. The third kappa shape index (κ3) is 3.04. The standard InChI is InChI=1S/C17H17FIN5S/c1-9-15-16(22-8-21-9)24(5-4-20)17(23-15)25-14-7-11-10(6-13(14)19)2-3-12(11)18/h6-8,12H,2-5,20H2,1H3. The Hall–Kier alpha value is -1.26. The predicted octanol–water partition coefficient (Wildman–Crippen LogP) is 3.81. The predicted molar refractivity (Wildman–Crippen MR) is 105 cm³/mol. The molecular formula is C17H17FIN5S. The number of nitrogens with zero attached hydrogens (tertiary/aromatic N) is 4. The molecule has 4 rings (SSSR count). The minimum Gasteiger partial charge on any atom is -0.329 e. The molecule has 1 aliphatic carbocycles. The smallest absolute Gasteiger partial charge is 0.175 e. The Morgan fingerprint density at radius 2 is 2.24 bits per heavy atom.